The molecule has 0 unspecified atom stereocenters. The lowest BCUT2D eigenvalue weighted by Crippen LogP contribution is -2.14. The van der Waals surface area contributed by atoms with Crippen LogP contribution in [0.2, 0.25) is 0 Å². The van der Waals surface area contributed by atoms with Crippen LogP contribution in [0.3, 0.4) is 0 Å². The van der Waals surface area contributed by atoms with Crippen molar-refractivity contribution in [1.29, 1.82) is 0 Å². The van der Waals surface area contributed by atoms with Crippen molar-refractivity contribution >= 4 is 5.91 Å². The minimum Gasteiger partial charge on any atom is -0.272 e. The fraction of sp³-hybridized carbons (Fsp3) is 0.400. The van der Waals surface area contributed by atoms with Crippen molar-refractivity contribution < 1.29 is 9.63 Å². The van der Waals surface area contributed by atoms with Gasteiger partial charge in [-0.05, 0) is 0 Å². The monoisotopic (exact) mass is 113 g/mol. The van der Waals surface area contributed by atoms with Gasteiger partial charge >= 0.3 is 0 Å². The quantitative estimate of drug-likeness (QED) is 0.489. The summed E-state index contributed by atoms with van der Waals surface area (Å²) in [5.41, 5.74) is 0. The second kappa shape index (κ2) is 1.96. The van der Waals surface area contributed by atoms with Crippen LogP contribution in [0, 0.1) is 0 Å². The number of hydrogen-bond donors (Lipinski definition) is 0. The van der Waals surface area contributed by atoms with Crippen molar-refractivity contribution in [2.75, 3.05) is 6.61 Å². The molecule has 3 nitrogen and oxygen atoms in total. The first-order chi connectivity index (χ1) is 3.84. The number of carbonyl (C=O) groups excluding carboxylic acids is 1. The summed E-state index contributed by atoms with van der Waals surface area (Å²) >= 11 is 0. The van der Waals surface area contributed by atoms with Gasteiger partial charge in [-0.2, -0.15) is 5.06 Å². The maximum atomic E-state index is 10.5. The first-order valence-electron chi connectivity index (χ1n) is 2.42. The van der Waals surface area contributed by atoms with E-state index in [1.165, 1.54) is 6.20 Å². The van der Waals surface area contributed by atoms with Gasteiger partial charge in [-0.15, -0.1) is 0 Å². The molecular formula is C5H7NO2. The zero-order chi connectivity index (χ0) is 5.98. The highest BCUT2D eigenvalue weighted by molar-refractivity contribution is 5.77. The predicted octanol–water partition coefficient (Wildman–Crippen LogP) is 0.294. The van der Waals surface area contributed by atoms with Crippen molar-refractivity contribution in [1.82, 2.24) is 5.06 Å². The second-order valence-corrected chi connectivity index (χ2v) is 1.49. The van der Waals surface area contributed by atoms with Gasteiger partial charge in [-0.25, -0.2) is 0 Å². The number of carbonyl (C=O) groups is 1. The molecule has 0 aromatic rings. The van der Waals surface area contributed by atoms with Crippen molar-refractivity contribution in [3.8, 4) is 0 Å². The molecule has 8 heavy (non-hydrogen) atoms. The average Bonchev–Trinajstić information content (AvgIpc) is 2.14. The second-order valence-electron chi connectivity index (χ2n) is 1.49. The first kappa shape index (κ1) is 5.31. The van der Waals surface area contributed by atoms with Crippen molar-refractivity contribution in [2.45, 2.75) is 6.42 Å². The molecule has 0 radical (unpaired) electrons. The van der Waals surface area contributed by atoms with Crippen molar-refractivity contribution in [3.63, 3.8) is 0 Å². The topological polar surface area (TPSA) is 29.5 Å². The van der Waals surface area contributed by atoms with Gasteiger partial charge in [0.25, 0.3) is 5.91 Å². The summed E-state index contributed by atoms with van der Waals surface area (Å²) < 4.78 is 0. The standard InChI is InChI=1S/C5H7NO2/c1-2-6-5(7)3-4-8-6/h2H,1,3-4H2. The molecule has 1 aliphatic rings. The minimum atomic E-state index is -0.0139. The average molecular weight is 113 g/mol. The highest BCUT2D eigenvalue weighted by Crippen LogP contribution is 2.04. The van der Waals surface area contributed by atoms with Crippen LogP contribution in [0.15, 0.2) is 12.8 Å². The first-order valence-corrected chi connectivity index (χ1v) is 2.42. The lowest BCUT2D eigenvalue weighted by atomic mass is 10.4. The molecule has 1 fully saturated rings. The van der Waals surface area contributed by atoms with Crippen LogP contribution in [0.1, 0.15) is 6.42 Å². The Bertz CT molecular complexity index is 122. The molecule has 1 amide bonds. The molecule has 1 aliphatic heterocycles. The summed E-state index contributed by atoms with van der Waals surface area (Å²) in [6, 6.07) is 0. The van der Waals surface area contributed by atoms with E-state index in [4.69, 9.17) is 4.84 Å². The van der Waals surface area contributed by atoms with Crippen LogP contribution in [-0.4, -0.2) is 17.6 Å². The Hall–Kier alpha value is -0.830. The molecular weight excluding hydrogens is 106 g/mol. The van der Waals surface area contributed by atoms with E-state index >= 15 is 0 Å². The molecule has 0 aromatic heterocycles. The minimum absolute atomic E-state index is 0.0139. The fourth-order valence-electron chi connectivity index (χ4n) is 0.568. The molecule has 1 heterocycles. The highest BCUT2D eigenvalue weighted by Gasteiger charge is 2.17. The maximum absolute atomic E-state index is 10.5. The van der Waals surface area contributed by atoms with E-state index in [1.807, 2.05) is 0 Å². The SMILES string of the molecule is C=CN1OCCC1=O. The van der Waals surface area contributed by atoms with Crippen LogP contribution < -0.4 is 0 Å². The van der Waals surface area contributed by atoms with Gasteiger partial charge in [0.15, 0.2) is 0 Å². The number of amides is 1. The molecule has 0 spiro atoms. The molecule has 1 saturated heterocycles. The van der Waals surface area contributed by atoms with E-state index in [0.29, 0.717) is 13.0 Å². The van der Waals surface area contributed by atoms with Crippen LogP contribution in [0.25, 0.3) is 0 Å². The molecule has 1 rings (SSSR count). The molecule has 0 aliphatic carbocycles. The summed E-state index contributed by atoms with van der Waals surface area (Å²) in [5.74, 6) is -0.0139. The largest absolute Gasteiger partial charge is 0.272 e. The number of hydroxylamine groups is 2. The van der Waals surface area contributed by atoms with Gasteiger partial charge in [0.2, 0.25) is 0 Å². The summed E-state index contributed by atoms with van der Waals surface area (Å²) in [6.45, 7) is 3.86. The number of hydrogen-bond acceptors (Lipinski definition) is 2. The Morgan fingerprint density at radius 2 is 2.62 bits per heavy atom. The summed E-state index contributed by atoms with van der Waals surface area (Å²) in [6.07, 6.45) is 1.85. The third-order valence-corrected chi connectivity index (χ3v) is 0.958. The zero-order valence-electron chi connectivity index (χ0n) is 4.46. The van der Waals surface area contributed by atoms with Gasteiger partial charge in [0, 0.05) is 6.20 Å². The maximum Gasteiger partial charge on any atom is 0.252 e. The summed E-state index contributed by atoms with van der Waals surface area (Å²) in [7, 11) is 0. The van der Waals surface area contributed by atoms with Crippen LogP contribution in [0.4, 0.5) is 0 Å². The third-order valence-electron chi connectivity index (χ3n) is 0.958. The van der Waals surface area contributed by atoms with E-state index in [-0.39, 0.29) is 5.91 Å². The van der Waals surface area contributed by atoms with Crippen LogP contribution in [-0.2, 0) is 9.63 Å². The predicted molar refractivity (Wildman–Crippen MR) is 27.6 cm³/mol. The van der Waals surface area contributed by atoms with E-state index in [9.17, 15) is 4.79 Å². The number of nitrogens with zero attached hydrogens (tertiary/aromatic N) is 1. The van der Waals surface area contributed by atoms with E-state index < -0.39 is 0 Å². The van der Waals surface area contributed by atoms with Gasteiger partial charge in [0.05, 0.1) is 13.0 Å². The fourth-order valence-corrected chi connectivity index (χ4v) is 0.568. The lowest BCUT2D eigenvalue weighted by molar-refractivity contribution is -0.148. The Labute approximate surface area is 47.5 Å². The molecule has 0 bridgehead atoms. The number of rotatable bonds is 1. The molecule has 44 valence electrons. The Kier molecular flexibility index (Phi) is 1.30. The van der Waals surface area contributed by atoms with Gasteiger partial charge in [-0.3, -0.25) is 9.63 Å². The summed E-state index contributed by atoms with van der Waals surface area (Å²) in [5, 5.41) is 1.15. The molecule has 3 heteroatoms. The molecule has 0 N–H and O–H groups in total. The zero-order valence-corrected chi connectivity index (χ0v) is 4.46. The Balaban J connectivity index is 2.54. The van der Waals surface area contributed by atoms with Gasteiger partial charge in [-0.1, -0.05) is 6.58 Å². The third kappa shape index (κ3) is 0.721. The van der Waals surface area contributed by atoms with E-state index in [1.54, 1.807) is 0 Å². The molecule has 0 atom stereocenters. The van der Waals surface area contributed by atoms with Gasteiger partial charge < -0.3 is 0 Å². The lowest BCUT2D eigenvalue weighted by Gasteiger charge is -2.04. The van der Waals surface area contributed by atoms with E-state index in [2.05, 4.69) is 6.58 Å². The normalized spacial score (nSPS) is 19.5. The molecule has 0 saturated carbocycles. The van der Waals surface area contributed by atoms with Crippen molar-refractivity contribution in [3.05, 3.63) is 12.8 Å². The summed E-state index contributed by atoms with van der Waals surface area (Å²) in [4.78, 5) is 15.3. The Morgan fingerprint density at radius 1 is 1.88 bits per heavy atom. The van der Waals surface area contributed by atoms with Crippen molar-refractivity contribution in [2.24, 2.45) is 0 Å². The van der Waals surface area contributed by atoms with E-state index in [0.717, 1.165) is 5.06 Å². The van der Waals surface area contributed by atoms with Crippen LogP contribution in [0.5, 0.6) is 0 Å². The van der Waals surface area contributed by atoms with Gasteiger partial charge in [0.1, 0.15) is 0 Å². The van der Waals surface area contributed by atoms with Crippen LogP contribution >= 0.6 is 0 Å². The molecule has 0 aromatic carbocycles. The smallest absolute Gasteiger partial charge is 0.252 e. The Morgan fingerprint density at radius 3 is 2.88 bits per heavy atom. The highest BCUT2D eigenvalue weighted by atomic mass is 16.7.